The average Bonchev–Trinajstić information content (AvgIpc) is 2.29. The van der Waals surface area contributed by atoms with Crippen molar-refractivity contribution in [3.63, 3.8) is 0 Å². The smallest absolute Gasteiger partial charge is 0.335 e. The maximum Gasteiger partial charge on any atom is 0.335 e. The lowest BCUT2D eigenvalue weighted by Crippen LogP contribution is -2.17. The Morgan fingerprint density at radius 3 is 2.67 bits per heavy atom. The molecule has 0 heterocycles. The molecule has 2 N–H and O–H groups in total. The van der Waals surface area contributed by atoms with Crippen LogP contribution in [-0.2, 0) is 10.0 Å². The Morgan fingerprint density at radius 2 is 2.11 bits per heavy atom. The van der Waals surface area contributed by atoms with Crippen molar-refractivity contribution in [1.29, 1.82) is 0 Å². The summed E-state index contributed by atoms with van der Waals surface area (Å²) in [4.78, 5) is 10.7. The first kappa shape index (κ1) is 14.4. The first-order valence-electron chi connectivity index (χ1n) is 5.39. The van der Waals surface area contributed by atoms with E-state index in [0.717, 1.165) is 18.2 Å². The van der Waals surface area contributed by atoms with Crippen LogP contribution < -0.4 is 4.72 Å². The normalized spacial score (nSPS) is 11.2. The molecule has 0 atom stereocenters. The molecule has 5 nitrogen and oxygen atoms in total. The van der Waals surface area contributed by atoms with E-state index in [1.54, 1.807) is 0 Å². The van der Waals surface area contributed by atoms with Crippen molar-refractivity contribution in [1.82, 2.24) is 0 Å². The molecular formula is C11H14FNO4S. The van der Waals surface area contributed by atoms with Crippen molar-refractivity contribution >= 4 is 21.7 Å². The number of carbonyl (C=O) groups is 1. The molecule has 1 rings (SSSR count). The fraction of sp³-hybridized carbons (Fsp3) is 0.364. The molecule has 0 radical (unpaired) electrons. The monoisotopic (exact) mass is 275 g/mol. The van der Waals surface area contributed by atoms with Crippen molar-refractivity contribution in [3.8, 4) is 0 Å². The summed E-state index contributed by atoms with van der Waals surface area (Å²) in [7, 11) is -3.64. The predicted molar refractivity (Wildman–Crippen MR) is 65.7 cm³/mol. The zero-order valence-corrected chi connectivity index (χ0v) is 10.6. The molecular weight excluding hydrogens is 261 g/mol. The molecule has 1 aromatic rings. The zero-order valence-electron chi connectivity index (χ0n) is 9.81. The zero-order chi connectivity index (χ0) is 13.8. The fourth-order valence-electron chi connectivity index (χ4n) is 1.29. The van der Waals surface area contributed by atoms with Gasteiger partial charge in [-0.1, -0.05) is 13.3 Å². The van der Waals surface area contributed by atoms with Crippen LogP contribution in [0.2, 0.25) is 0 Å². The Balaban J connectivity index is 2.96. The van der Waals surface area contributed by atoms with Gasteiger partial charge in [0.1, 0.15) is 5.82 Å². The van der Waals surface area contributed by atoms with E-state index >= 15 is 0 Å². The molecule has 0 amide bonds. The first-order chi connectivity index (χ1) is 8.35. The third-order valence-electron chi connectivity index (χ3n) is 2.25. The summed E-state index contributed by atoms with van der Waals surface area (Å²) in [5, 5.41) is 8.74. The number of nitrogens with one attached hydrogen (secondary N) is 1. The van der Waals surface area contributed by atoms with Gasteiger partial charge in [-0.3, -0.25) is 4.72 Å². The number of hydrogen-bond acceptors (Lipinski definition) is 3. The SMILES string of the molecule is CCCCS(=O)(=O)Nc1cc(C(=O)O)ccc1F. The van der Waals surface area contributed by atoms with Gasteiger partial charge in [0.05, 0.1) is 17.0 Å². The Kier molecular flexibility index (Phi) is 4.66. The van der Waals surface area contributed by atoms with Gasteiger partial charge in [-0.2, -0.15) is 0 Å². The quantitative estimate of drug-likeness (QED) is 0.832. The maximum absolute atomic E-state index is 13.4. The molecule has 0 spiro atoms. The van der Waals surface area contributed by atoms with Gasteiger partial charge in [0, 0.05) is 0 Å². The van der Waals surface area contributed by atoms with Gasteiger partial charge >= 0.3 is 5.97 Å². The van der Waals surface area contributed by atoms with Gasteiger partial charge in [0.2, 0.25) is 10.0 Å². The topological polar surface area (TPSA) is 83.5 Å². The molecule has 0 saturated carbocycles. The standard InChI is InChI=1S/C11H14FNO4S/c1-2-3-6-18(16,17)13-10-7-8(11(14)15)4-5-9(10)12/h4-5,7,13H,2-3,6H2,1H3,(H,14,15). The molecule has 0 aromatic heterocycles. The highest BCUT2D eigenvalue weighted by Gasteiger charge is 2.14. The van der Waals surface area contributed by atoms with E-state index in [1.807, 2.05) is 6.92 Å². The molecule has 0 aliphatic rings. The van der Waals surface area contributed by atoms with E-state index in [4.69, 9.17) is 5.11 Å². The number of carboxylic acid groups (broad SMARTS) is 1. The van der Waals surface area contributed by atoms with Crippen LogP contribution in [0.1, 0.15) is 30.1 Å². The number of unbranched alkanes of at least 4 members (excludes halogenated alkanes) is 1. The number of hydrogen-bond donors (Lipinski definition) is 2. The molecule has 18 heavy (non-hydrogen) atoms. The molecule has 0 aliphatic carbocycles. The largest absolute Gasteiger partial charge is 0.478 e. The average molecular weight is 275 g/mol. The second-order valence-corrected chi connectivity index (χ2v) is 5.62. The van der Waals surface area contributed by atoms with E-state index in [2.05, 4.69) is 4.72 Å². The van der Waals surface area contributed by atoms with Crippen LogP contribution in [0.4, 0.5) is 10.1 Å². The predicted octanol–water partition coefficient (Wildman–Crippen LogP) is 2.07. The summed E-state index contributed by atoms with van der Waals surface area (Å²) in [6.45, 7) is 1.83. The molecule has 1 aromatic carbocycles. The highest BCUT2D eigenvalue weighted by Crippen LogP contribution is 2.18. The molecule has 0 aliphatic heterocycles. The van der Waals surface area contributed by atoms with Crippen LogP contribution in [0.15, 0.2) is 18.2 Å². The summed E-state index contributed by atoms with van der Waals surface area (Å²) in [5.74, 6) is -2.18. The van der Waals surface area contributed by atoms with Crippen LogP contribution in [0.3, 0.4) is 0 Å². The van der Waals surface area contributed by atoms with Gasteiger partial charge in [0.25, 0.3) is 0 Å². The molecule has 0 bridgehead atoms. The lowest BCUT2D eigenvalue weighted by molar-refractivity contribution is 0.0697. The van der Waals surface area contributed by atoms with E-state index in [0.29, 0.717) is 12.8 Å². The summed E-state index contributed by atoms with van der Waals surface area (Å²) < 4.78 is 38.6. The van der Waals surface area contributed by atoms with Crippen LogP contribution in [0.25, 0.3) is 0 Å². The number of benzene rings is 1. The maximum atomic E-state index is 13.4. The summed E-state index contributed by atoms with van der Waals surface area (Å²) in [6, 6.07) is 2.95. The molecule has 0 saturated heterocycles. The fourth-order valence-corrected chi connectivity index (χ4v) is 2.55. The molecule has 100 valence electrons. The Hall–Kier alpha value is -1.63. The van der Waals surface area contributed by atoms with Crippen LogP contribution >= 0.6 is 0 Å². The van der Waals surface area contributed by atoms with Crippen molar-refractivity contribution in [2.45, 2.75) is 19.8 Å². The van der Waals surface area contributed by atoms with E-state index in [1.165, 1.54) is 0 Å². The third-order valence-corrected chi connectivity index (χ3v) is 3.60. The van der Waals surface area contributed by atoms with E-state index in [-0.39, 0.29) is 17.0 Å². The second-order valence-electron chi connectivity index (χ2n) is 3.77. The molecule has 7 heteroatoms. The van der Waals surface area contributed by atoms with Gasteiger partial charge in [-0.25, -0.2) is 17.6 Å². The van der Waals surface area contributed by atoms with Gasteiger partial charge in [-0.15, -0.1) is 0 Å². The Bertz CT molecular complexity index is 542. The number of sulfonamides is 1. The molecule has 0 fully saturated rings. The van der Waals surface area contributed by atoms with E-state index < -0.39 is 21.8 Å². The van der Waals surface area contributed by atoms with Gasteiger partial charge in [-0.05, 0) is 24.6 Å². The summed E-state index contributed by atoms with van der Waals surface area (Å²) in [5.41, 5.74) is -0.518. The van der Waals surface area contributed by atoms with Crippen LogP contribution in [0.5, 0.6) is 0 Å². The van der Waals surface area contributed by atoms with Gasteiger partial charge < -0.3 is 5.11 Å². The second kappa shape index (κ2) is 5.81. The van der Waals surface area contributed by atoms with Crippen molar-refractivity contribution in [3.05, 3.63) is 29.6 Å². The summed E-state index contributed by atoms with van der Waals surface area (Å²) >= 11 is 0. The first-order valence-corrected chi connectivity index (χ1v) is 7.04. The Labute approximate surface area is 105 Å². The van der Waals surface area contributed by atoms with Gasteiger partial charge in [0.15, 0.2) is 0 Å². The number of halogens is 1. The third kappa shape index (κ3) is 3.99. The lowest BCUT2D eigenvalue weighted by atomic mass is 10.2. The van der Waals surface area contributed by atoms with Crippen molar-refractivity contribution in [2.24, 2.45) is 0 Å². The summed E-state index contributed by atoms with van der Waals surface area (Å²) in [6.07, 6.45) is 1.15. The minimum absolute atomic E-state index is 0.125. The molecule has 0 unspecified atom stereocenters. The van der Waals surface area contributed by atoms with Crippen LogP contribution in [-0.4, -0.2) is 25.2 Å². The minimum Gasteiger partial charge on any atom is -0.478 e. The Morgan fingerprint density at radius 1 is 1.44 bits per heavy atom. The highest BCUT2D eigenvalue weighted by atomic mass is 32.2. The highest BCUT2D eigenvalue weighted by molar-refractivity contribution is 7.92. The van der Waals surface area contributed by atoms with Crippen molar-refractivity contribution in [2.75, 3.05) is 10.5 Å². The minimum atomic E-state index is -3.64. The number of rotatable bonds is 6. The number of carboxylic acids is 1. The number of aromatic carboxylic acids is 1. The van der Waals surface area contributed by atoms with E-state index in [9.17, 15) is 17.6 Å². The van der Waals surface area contributed by atoms with Crippen molar-refractivity contribution < 1.29 is 22.7 Å². The van der Waals surface area contributed by atoms with Crippen LogP contribution in [0, 0.1) is 5.82 Å². The lowest BCUT2D eigenvalue weighted by Gasteiger charge is -2.09. The number of anilines is 1.